The van der Waals surface area contributed by atoms with Crippen molar-refractivity contribution in [3.8, 4) is 0 Å². The minimum absolute atomic E-state index is 0.237. The van der Waals surface area contributed by atoms with Gasteiger partial charge in [0.25, 0.3) is 11.8 Å². The molecule has 4 aliphatic heterocycles. The number of hydrogen-bond acceptors (Lipinski definition) is 10. The smallest absolute Gasteiger partial charge is 0.385 e. The highest BCUT2D eigenvalue weighted by molar-refractivity contribution is 5.94. The van der Waals surface area contributed by atoms with Crippen molar-refractivity contribution >= 4 is 34.5 Å². The van der Waals surface area contributed by atoms with Crippen LogP contribution in [0, 0.1) is 0 Å². The van der Waals surface area contributed by atoms with Gasteiger partial charge in [-0.05, 0) is 30.0 Å². The number of piperazine rings is 1. The zero-order valence-corrected chi connectivity index (χ0v) is 29.6. The average molecular weight is 751 g/mol. The number of rotatable bonds is 8. The molecule has 1 saturated carbocycles. The van der Waals surface area contributed by atoms with Crippen molar-refractivity contribution < 1.29 is 35.9 Å². The second-order valence-corrected chi connectivity index (χ2v) is 14.4. The van der Waals surface area contributed by atoms with E-state index in [2.05, 4.69) is 30.7 Å². The van der Waals surface area contributed by atoms with Crippen molar-refractivity contribution in [3.05, 3.63) is 47.3 Å². The monoisotopic (exact) mass is 750 g/mol. The molecule has 6 heterocycles. The molecule has 12 nitrogen and oxygen atoms in total. The van der Waals surface area contributed by atoms with Gasteiger partial charge >= 0.3 is 6.18 Å². The first-order valence-electron chi connectivity index (χ1n) is 18.0. The average Bonchev–Trinajstić information content (AvgIpc) is 3.43. The van der Waals surface area contributed by atoms with Gasteiger partial charge in [0, 0.05) is 97.1 Å². The molecule has 53 heavy (non-hydrogen) atoms. The minimum atomic E-state index is -4.64. The molecule has 3 N–H and O–H groups in total. The van der Waals surface area contributed by atoms with Crippen molar-refractivity contribution in [1.29, 1.82) is 0 Å². The van der Waals surface area contributed by atoms with Crippen LogP contribution < -0.4 is 20.9 Å². The maximum absolute atomic E-state index is 15.6. The van der Waals surface area contributed by atoms with E-state index in [1.54, 1.807) is 7.05 Å². The van der Waals surface area contributed by atoms with Crippen molar-refractivity contribution in [2.45, 2.75) is 69.1 Å². The fourth-order valence-corrected chi connectivity index (χ4v) is 7.72. The molecule has 3 aromatic rings. The molecule has 3 unspecified atom stereocenters. The summed E-state index contributed by atoms with van der Waals surface area (Å²) in [7, 11) is 1.78. The van der Waals surface area contributed by atoms with Crippen LogP contribution in [0.4, 0.5) is 43.5 Å². The normalized spacial score (nSPS) is 25.0. The largest absolute Gasteiger partial charge is 0.449 e. The lowest BCUT2D eigenvalue weighted by atomic mass is 9.93. The third kappa shape index (κ3) is 7.82. The second-order valence-electron chi connectivity index (χ2n) is 14.4. The topological polar surface area (TPSA) is 113 Å². The highest BCUT2D eigenvalue weighted by Gasteiger charge is 2.51. The molecule has 1 aromatic carbocycles. The summed E-state index contributed by atoms with van der Waals surface area (Å²) in [6.45, 7) is 7.44. The van der Waals surface area contributed by atoms with Crippen LogP contribution in [0.25, 0.3) is 5.65 Å². The third-order valence-corrected chi connectivity index (χ3v) is 10.8. The van der Waals surface area contributed by atoms with E-state index in [4.69, 9.17) is 5.10 Å². The Morgan fingerprint density at radius 2 is 1.79 bits per heavy atom. The molecule has 0 spiro atoms. The number of anilines is 3. The van der Waals surface area contributed by atoms with Crippen molar-refractivity contribution in [2.75, 3.05) is 76.2 Å². The van der Waals surface area contributed by atoms with Gasteiger partial charge in [-0.3, -0.25) is 24.3 Å². The van der Waals surface area contributed by atoms with E-state index < -0.39 is 42.0 Å². The maximum Gasteiger partial charge on any atom is 0.449 e. The number of imidazole rings is 1. The number of alkyl halides is 6. The summed E-state index contributed by atoms with van der Waals surface area (Å²) in [5.41, 5.74) is 4.61. The highest BCUT2D eigenvalue weighted by atomic mass is 19.4. The van der Waals surface area contributed by atoms with Crippen LogP contribution in [0.3, 0.4) is 0 Å². The van der Waals surface area contributed by atoms with Gasteiger partial charge in [-0.25, -0.2) is 22.7 Å². The van der Waals surface area contributed by atoms with Gasteiger partial charge in [-0.15, -0.1) is 5.10 Å². The van der Waals surface area contributed by atoms with Gasteiger partial charge in [0.2, 0.25) is 5.78 Å². The summed E-state index contributed by atoms with van der Waals surface area (Å²) in [5.74, 6) is -4.30. The number of nitrogens with zero attached hydrogens (tertiary/aromatic N) is 7. The number of likely N-dealkylation sites (tertiary alicyclic amines) is 2. The number of benzene rings is 1. The summed E-state index contributed by atoms with van der Waals surface area (Å²) in [6.07, 6.45) is -2.65. The number of hydrogen-bond donors (Lipinski definition) is 3. The predicted octanol–water partition coefficient (Wildman–Crippen LogP) is 3.24. The summed E-state index contributed by atoms with van der Waals surface area (Å²) < 4.78 is 78.6. The molecule has 288 valence electrons. The van der Waals surface area contributed by atoms with E-state index in [-0.39, 0.29) is 12.2 Å². The summed E-state index contributed by atoms with van der Waals surface area (Å²) in [4.78, 5) is 35.1. The van der Waals surface area contributed by atoms with E-state index >= 15 is 8.78 Å². The van der Waals surface area contributed by atoms with Crippen LogP contribution in [0.1, 0.15) is 41.4 Å². The first-order chi connectivity index (χ1) is 25.2. The van der Waals surface area contributed by atoms with Gasteiger partial charge in [0.15, 0.2) is 17.2 Å². The predicted molar refractivity (Wildman–Crippen MR) is 186 cm³/mol. The van der Waals surface area contributed by atoms with Crippen LogP contribution in [-0.2, 0) is 17.8 Å². The number of fused-ring (bicyclic) bond motifs is 2. The summed E-state index contributed by atoms with van der Waals surface area (Å²) in [6, 6.07) is 7.19. The summed E-state index contributed by atoms with van der Waals surface area (Å²) >= 11 is 0. The number of ketones is 1. The fraction of sp³-hybridized carbons (Fsp3) is 0.600. The first kappa shape index (κ1) is 37.3. The number of carbonyl (C=O) groups excluding carboxylic acids is 2. The Kier molecular flexibility index (Phi) is 10.3. The molecular formula is C35H44F6N10O2. The van der Waals surface area contributed by atoms with Crippen LogP contribution in [0.5, 0.6) is 0 Å². The Labute approximate surface area is 302 Å². The zero-order valence-electron chi connectivity index (χ0n) is 29.6. The Morgan fingerprint density at radius 3 is 2.43 bits per heavy atom. The third-order valence-electron chi connectivity index (χ3n) is 10.8. The van der Waals surface area contributed by atoms with Crippen LogP contribution in [-0.4, -0.2) is 143 Å². The molecule has 4 fully saturated rings. The zero-order chi connectivity index (χ0) is 37.7. The number of carbonyl (C=O) groups is 2. The number of Topliss-reactive ketones (excluding diaryl/α,β-unsaturated/α-hetero) is 1. The molecule has 1 aliphatic carbocycles. The molecule has 0 bridgehead atoms. The quantitative estimate of drug-likeness (QED) is 0.297. The van der Waals surface area contributed by atoms with Crippen molar-refractivity contribution in [1.82, 2.24) is 39.9 Å². The van der Waals surface area contributed by atoms with Gasteiger partial charge in [-0.1, -0.05) is 12.1 Å². The van der Waals surface area contributed by atoms with E-state index in [0.29, 0.717) is 62.6 Å². The molecule has 3 saturated heterocycles. The van der Waals surface area contributed by atoms with Gasteiger partial charge in [0.05, 0.1) is 30.5 Å². The lowest BCUT2D eigenvalue weighted by Gasteiger charge is -2.53. The van der Waals surface area contributed by atoms with Crippen LogP contribution >= 0.6 is 0 Å². The lowest BCUT2D eigenvalue weighted by molar-refractivity contribution is -0.168. The van der Waals surface area contributed by atoms with E-state index in [0.717, 1.165) is 62.5 Å². The van der Waals surface area contributed by atoms with E-state index in [9.17, 15) is 27.2 Å². The highest BCUT2D eigenvalue weighted by Crippen LogP contribution is 2.39. The molecule has 0 radical (unpaired) electrons. The van der Waals surface area contributed by atoms with Crippen molar-refractivity contribution in [2.24, 2.45) is 0 Å². The Balaban J connectivity index is 0.000000568. The van der Waals surface area contributed by atoms with Crippen molar-refractivity contribution in [3.63, 3.8) is 0 Å². The van der Waals surface area contributed by atoms with Gasteiger partial charge < -0.3 is 20.9 Å². The summed E-state index contributed by atoms with van der Waals surface area (Å²) in [5, 5.41) is 14.0. The van der Waals surface area contributed by atoms with Gasteiger partial charge in [-0.2, -0.15) is 13.2 Å². The van der Waals surface area contributed by atoms with Crippen LogP contribution in [0.15, 0.2) is 30.5 Å². The number of halogens is 6. The molecule has 2 aromatic heterocycles. The Hall–Kier alpha value is -4.00. The van der Waals surface area contributed by atoms with E-state index in [1.165, 1.54) is 10.7 Å². The first-order valence-corrected chi connectivity index (χ1v) is 18.0. The van der Waals surface area contributed by atoms with Gasteiger partial charge in [0.1, 0.15) is 6.17 Å². The number of aromatic nitrogens is 3. The maximum atomic E-state index is 15.6. The standard InChI is InChI=1S/C32H41F3N10O.C3H3F3O/c1-36-25-14-29(40-45-27(15-38-30(25)45)31(46)39-24-13-23(24)33)44-10-5-22-20(3-2-4-26(22)44)16-41-9-6-28(32(34,35)19-41)43-17-21(18-43)42-11-7-37-8-12-42;1-2(7)3(4,5)6/h2-4,14-15,21,23-24,28,36-37H,5-13,16-19H2,1H3,(H,39,46);1H3. The lowest BCUT2D eigenvalue weighted by Crippen LogP contribution is -2.69. The SMILES string of the molecule is CC(=O)C(F)(F)F.CNc1cc(N2CCc3c(CN4CCC(N5CC(N6CCNCC6)C5)C(F)(F)C4)cccc32)nn2c(C(=O)NC3CC3F)cnc12. The number of piperidine rings is 1. The minimum Gasteiger partial charge on any atom is -0.385 e. The Bertz CT molecular complexity index is 1830. The molecule has 1 amide bonds. The molecule has 18 heteroatoms. The fourth-order valence-electron chi connectivity index (χ4n) is 7.72. The molecule has 3 atom stereocenters. The van der Waals surface area contributed by atoms with Crippen LogP contribution in [0.2, 0.25) is 0 Å². The second kappa shape index (κ2) is 14.7. The molecule has 8 rings (SSSR count). The van der Waals surface area contributed by atoms with E-state index in [1.807, 2.05) is 34.1 Å². The number of amides is 1. The molecule has 5 aliphatic rings. The Morgan fingerprint density at radius 1 is 1.08 bits per heavy atom. The number of nitrogens with one attached hydrogen (secondary N) is 3. The molecular weight excluding hydrogens is 706 g/mol.